The molecule has 114 valence electrons. The fraction of sp³-hybridized carbons (Fsp3) is 0.778. The predicted molar refractivity (Wildman–Crippen MR) is 87.5 cm³/mol. The van der Waals surface area contributed by atoms with Crippen LogP contribution in [-0.4, -0.2) is 9.97 Å². The topological polar surface area (TPSA) is 25.8 Å². The third kappa shape index (κ3) is 4.04. The van der Waals surface area contributed by atoms with Crippen LogP contribution in [0.3, 0.4) is 0 Å². The van der Waals surface area contributed by atoms with Gasteiger partial charge in [-0.3, -0.25) is 0 Å². The monoisotopic (exact) mass is 276 g/mol. The Morgan fingerprint density at radius 3 is 2.10 bits per heavy atom. The molecule has 0 radical (unpaired) electrons. The second-order valence-corrected chi connectivity index (χ2v) is 7.38. The summed E-state index contributed by atoms with van der Waals surface area (Å²) in [6.45, 7) is 17.9. The number of nitrogens with zero attached hydrogens (tertiary/aromatic N) is 2. The minimum absolute atomic E-state index is 0.0759. The molecule has 0 aliphatic carbocycles. The van der Waals surface area contributed by atoms with Crippen LogP contribution in [0.1, 0.15) is 102 Å². The largest absolute Gasteiger partial charge is 0.238 e. The van der Waals surface area contributed by atoms with Gasteiger partial charge in [0.05, 0.1) is 5.69 Å². The Labute approximate surface area is 125 Å². The van der Waals surface area contributed by atoms with Crippen molar-refractivity contribution < 1.29 is 0 Å². The normalized spacial score (nSPS) is 13.8. The first-order valence-corrected chi connectivity index (χ1v) is 8.07. The standard InChI is InChI=1S/C18H32N2/c1-9-10-11-13(4)17-19-14(5)15(12(2)3)16(20-17)18(6,7)8/h12-13H,9-11H2,1-8H3/t13-/m0/s1. The molecule has 0 N–H and O–H groups in total. The van der Waals surface area contributed by atoms with E-state index in [1.165, 1.54) is 36.2 Å². The van der Waals surface area contributed by atoms with Crippen molar-refractivity contribution in [3.63, 3.8) is 0 Å². The van der Waals surface area contributed by atoms with Gasteiger partial charge in [-0.2, -0.15) is 0 Å². The molecule has 1 aromatic heterocycles. The van der Waals surface area contributed by atoms with Gasteiger partial charge in [0.2, 0.25) is 0 Å². The van der Waals surface area contributed by atoms with Crippen molar-refractivity contribution in [2.45, 2.75) is 91.9 Å². The predicted octanol–water partition coefficient (Wildman–Crippen LogP) is 5.50. The molecule has 0 aliphatic rings. The molecular formula is C18H32N2. The van der Waals surface area contributed by atoms with E-state index in [0.29, 0.717) is 11.8 Å². The highest BCUT2D eigenvalue weighted by Gasteiger charge is 2.25. The Hall–Kier alpha value is -0.920. The van der Waals surface area contributed by atoms with Gasteiger partial charge in [0, 0.05) is 17.0 Å². The van der Waals surface area contributed by atoms with E-state index in [0.717, 1.165) is 5.82 Å². The molecule has 0 unspecified atom stereocenters. The van der Waals surface area contributed by atoms with Crippen molar-refractivity contribution in [2.24, 2.45) is 0 Å². The first-order valence-electron chi connectivity index (χ1n) is 8.07. The van der Waals surface area contributed by atoms with Crippen LogP contribution in [0.5, 0.6) is 0 Å². The molecule has 0 aliphatic heterocycles. The number of hydrogen-bond acceptors (Lipinski definition) is 2. The van der Waals surface area contributed by atoms with Gasteiger partial charge in [-0.15, -0.1) is 0 Å². The lowest BCUT2D eigenvalue weighted by atomic mass is 9.84. The average Bonchev–Trinajstić information content (AvgIpc) is 2.33. The summed E-state index contributed by atoms with van der Waals surface area (Å²) >= 11 is 0. The van der Waals surface area contributed by atoms with Crippen molar-refractivity contribution >= 4 is 0 Å². The van der Waals surface area contributed by atoms with Crippen molar-refractivity contribution in [3.8, 4) is 0 Å². The van der Waals surface area contributed by atoms with E-state index in [1.807, 2.05) is 0 Å². The van der Waals surface area contributed by atoms with Crippen LogP contribution < -0.4 is 0 Å². The van der Waals surface area contributed by atoms with Gasteiger partial charge in [-0.1, -0.05) is 61.3 Å². The Bertz CT molecular complexity index is 441. The molecule has 0 bridgehead atoms. The molecule has 2 heteroatoms. The van der Waals surface area contributed by atoms with E-state index in [9.17, 15) is 0 Å². The van der Waals surface area contributed by atoms with E-state index < -0.39 is 0 Å². The first kappa shape index (κ1) is 17.1. The SMILES string of the molecule is CCCC[C@H](C)c1nc(C)c(C(C)C)c(C(C)(C)C)n1. The lowest BCUT2D eigenvalue weighted by molar-refractivity contribution is 0.527. The zero-order chi connectivity index (χ0) is 15.5. The van der Waals surface area contributed by atoms with Crippen LogP contribution in [0, 0.1) is 6.92 Å². The fourth-order valence-electron chi connectivity index (χ4n) is 2.73. The number of hydrogen-bond donors (Lipinski definition) is 0. The zero-order valence-electron chi connectivity index (χ0n) is 14.7. The lowest BCUT2D eigenvalue weighted by Crippen LogP contribution is -2.21. The molecule has 0 saturated heterocycles. The lowest BCUT2D eigenvalue weighted by Gasteiger charge is -2.26. The van der Waals surface area contributed by atoms with Crippen LogP contribution in [0.15, 0.2) is 0 Å². The van der Waals surface area contributed by atoms with Crippen LogP contribution in [0.25, 0.3) is 0 Å². The number of unbranched alkanes of at least 4 members (excludes halogenated alkanes) is 1. The molecule has 0 fully saturated rings. The Morgan fingerprint density at radius 1 is 1.05 bits per heavy atom. The van der Waals surface area contributed by atoms with E-state index in [1.54, 1.807) is 0 Å². The Kier molecular flexibility index (Phi) is 5.73. The quantitative estimate of drug-likeness (QED) is 0.709. The van der Waals surface area contributed by atoms with Crippen molar-refractivity contribution in [2.75, 3.05) is 0 Å². The summed E-state index contributed by atoms with van der Waals surface area (Å²) < 4.78 is 0. The summed E-state index contributed by atoms with van der Waals surface area (Å²) in [7, 11) is 0. The van der Waals surface area contributed by atoms with Gasteiger partial charge in [-0.25, -0.2) is 9.97 Å². The highest BCUT2D eigenvalue weighted by molar-refractivity contribution is 5.33. The molecule has 1 heterocycles. The highest BCUT2D eigenvalue weighted by atomic mass is 14.9. The molecule has 0 aromatic carbocycles. The Balaban J connectivity index is 3.29. The van der Waals surface area contributed by atoms with Gasteiger partial charge in [0.25, 0.3) is 0 Å². The van der Waals surface area contributed by atoms with Crippen LogP contribution in [0.2, 0.25) is 0 Å². The van der Waals surface area contributed by atoms with Gasteiger partial charge in [-0.05, 0) is 24.8 Å². The molecule has 0 amide bonds. The number of aromatic nitrogens is 2. The summed E-state index contributed by atoms with van der Waals surface area (Å²) in [6, 6.07) is 0. The molecule has 20 heavy (non-hydrogen) atoms. The molecule has 0 saturated carbocycles. The summed E-state index contributed by atoms with van der Waals surface area (Å²) in [4.78, 5) is 9.78. The van der Waals surface area contributed by atoms with Crippen LogP contribution in [-0.2, 0) is 5.41 Å². The molecule has 2 nitrogen and oxygen atoms in total. The summed E-state index contributed by atoms with van der Waals surface area (Å²) in [6.07, 6.45) is 3.67. The van der Waals surface area contributed by atoms with E-state index in [2.05, 4.69) is 55.4 Å². The van der Waals surface area contributed by atoms with E-state index in [4.69, 9.17) is 9.97 Å². The fourth-order valence-corrected chi connectivity index (χ4v) is 2.73. The summed E-state index contributed by atoms with van der Waals surface area (Å²) in [5, 5.41) is 0. The molecule has 1 atom stereocenters. The minimum atomic E-state index is 0.0759. The first-order chi connectivity index (χ1) is 9.18. The smallest absolute Gasteiger partial charge is 0.131 e. The maximum atomic E-state index is 4.97. The Morgan fingerprint density at radius 2 is 1.65 bits per heavy atom. The van der Waals surface area contributed by atoms with Crippen molar-refractivity contribution in [3.05, 3.63) is 22.8 Å². The number of aryl methyl sites for hydroxylation is 1. The third-order valence-corrected chi connectivity index (χ3v) is 3.87. The second kappa shape index (κ2) is 6.69. The van der Waals surface area contributed by atoms with Crippen LogP contribution in [0.4, 0.5) is 0 Å². The molecule has 0 spiro atoms. The minimum Gasteiger partial charge on any atom is -0.238 e. The van der Waals surface area contributed by atoms with Gasteiger partial charge >= 0.3 is 0 Å². The van der Waals surface area contributed by atoms with Crippen molar-refractivity contribution in [1.29, 1.82) is 0 Å². The van der Waals surface area contributed by atoms with E-state index >= 15 is 0 Å². The van der Waals surface area contributed by atoms with E-state index in [-0.39, 0.29) is 5.41 Å². The molecule has 1 rings (SSSR count). The molecule has 1 aromatic rings. The summed E-state index contributed by atoms with van der Waals surface area (Å²) in [5.41, 5.74) is 3.81. The summed E-state index contributed by atoms with van der Waals surface area (Å²) in [5.74, 6) is 1.96. The maximum absolute atomic E-state index is 4.97. The van der Waals surface area contributed by atoms with Gasteiger partial charge < -0.3 is 0 Å². The van der Waals surface area contributed by atoms with Crippen LogP contribution >= 0.6 is 0 Å². The second-order valence-electron chi connectivity index (χ2n) is 7.38. The average molecular weight is 276 g/mol. The maximum Gasteiger partial charge on any atom is 0.131 e. The number of rotatable bonds is 5. The van der Waals surface area contributed by atoms with Crippen molar-refractivity contribution in [1.82, 2.24) is 9.97 Å². The zero-order valence-corrected chi connectivity index (χ0v) is 14.7. The third-order valence-electron chi connectivity index (χ3n) is 3.87. The van der Waals surface area contributed by atoms with Gasteiger partial charge in [0.1, 0.15) is 5.82 Å². The molecular weight excluding hydrogens is 244 g/mol. The van der Waals surface area contributed by atoms with Gasteiger partial charge in [0.15, 0.2) is 0 Å². The highest BCUT2D eigenvalue weighted by Crippen LogP contribution is 2.32.